The summed E-state index contributed by atoms with van der Waals surface area (Å²) in [7, 11) is 1.90. The molecule has 2 fully saturated rings. The Hall–Kier alpha value is -3.39. The molecule has 2 aliphatic rings. The number of rotatable bonds is 4. The number of nitrogens with one attached hydrogen (secondary N) is 1. The lowest BCUT2D eigenvalue weighted by Gasteiger charge is -2.32. The van der Waals surface area contributed by atoms with Gasteiger partial charge in [-0.1, -0.05) is 18.2 Å². The first kappa shape index (κ1) is 19.3. The van der Waals surface area contributed by atoms with Crippen LogP contribution in [0.4, 0.5) is 4.39 Å². The average molecular weight is 430 g/mol. The number of alkyl halides is 1. The molecule has 32 heavy (non-hydrogen) atoms. The number of halogens is 1. The fraction of sp³-hybridized carbons (Fsp3) is 0.333. The summed E-state index contributed by atoms with van der Waals surface area (Å²) in [6.45, 7) is 0. The summed E-state index contributed by atoms with van der Waals surface area (Å²) in [6.07, 6.45) is 13.0. The fourth-order valence-electron chi connectivity index (χ4n) is 4.93. The molecule has 0 saturated carbocycles. The van der Waals surface area contributed by atoms with Crippen LogP contribution in [0.2, 0.25) is 0 Å². The van der Waals surface area contributed by atoms with Crippen LogP contribution in [0.5, 0.6) is 0 Å². The minimum atomic E-state index is -0.910. The highest BCUT2D eigenvalue weighted by Gasteiger charge is 2.43. The van der Waals surface area contributed by atoms with Crippen molar-refractivity contribution in [2.75, 3.05) is 0 Å². The molecule has 1 N–H and O–H groups in total. The normalized spacial score (nSPS) is 24.7. The monoisotopic (exact) mass is 429 g/mol. The summed E-state index contributed by atoms with van der Waals surface area (Å²) >= 11 is 0. The van der Waals surface area contributed by atoms with Gasteiger partial charge in [0.15, 0.2) is 5.82 Å². The fourth-order valence-corrected chi connectivity index (χ4v) is 4.93. The molecule has 2 aliphatic heterocycles. The summed E-state index contributed by atoms with van der Waals surface area (Å²) in [5.74, 6) is 0.658. The first-order valence-corrected chi connectivity index (χ1v) is 11.0. The molecule has 0 amide bonds. The van der Waals surface area contributed by atoms with Gasteiger partial charge >= 0.3 is 0 Å². The summed E-state index contributed by atoms with van der Waals surface area (Å²) in [6, 6.07) is 8.26. The predicted octanol–water partition coefficient (Wildman–Crippen LogP) is 3.81. The summed E-state index contributed by atoms with van der Waals surface area (Å²) in [5, 5.41) is 12.1. The molecule has 4 atom stereocenters. The molecule has 162 valence electrons. The average Bonchev–Trinajstić information content (AvgIpc) is 3.57. The van der Waals surface area contributed by atoms with Crippen molar-refractivity contribution >= 4 is 0 Å². The standard InChI is InChI=1S/C24H24FN7/c1-31-13-18(11-28-31)15-3-2-4-16(7-15)24-26-9-17(10-27-24)19-12-29-32(14-19)22-8-20-5-6-21(30-20)23(22)25/h2-4,7,9-14,20-23,30H,5-6,8H2,1H3/t20?,21-,22+,23?/m1/s1. The second-order valence-corrected chi connectivity index (χ2v) is 8.78. The Labute approximate surface area is 185 Å². The molecular weight excluding hydrogens is 405 g/mol. The largest absolute Gasteiger partial charge is 0.308 e. The van der Waals surface area contributed by atoms with Crippen LogP contribution in [-0.2, 0) is 7.05 Å². The molecule has 3 aromatic heterocycles. The lowest BCUT2D eigenvalue weighted by atomic mass is 9.98. The van der Waals surface area contributed by atoms with Gasteiger partial charge in [0.1, 0.15) is 6.17 Å². The van der Waals surface area contributed by atoms with Crippen LogP contribution >= 0.6 is 0 Å². The van der Waals surface area contributed by atoms with Gasteiger partial charge in [-0.2, -0.15) is 10.2 Å². The molecular formula is C24H24FN7. The first-order valence-electron chi connectivity index (χ1n) is 11.0. The molecule has 8 heteroatoms. The highest BCUT2D eigenvalue weighted by Crippen LogP contribution is 2.36. The van der Waals surface area contributed by atoms with E-state index in [1.165, 1.54) is 0 Å². The maximum atomic E-state index is 14.9. The first-order chi connectivity index (χ1) is 15.6. The Bertz CT molecular complexity index is 1250. The van der Waals surface area contributed by atoms with Crippen molar-refractivity contribution in [3.8, 4) is 33.6 Å². The zero-order valence-electron chi connectivity index (χ0n) is 17.8. The van der Waals surface area contributed by atoms with Gasteiger partial charge in [-0.15, -0.1) is 0 Å². The van der Waals surface area contributed by atoms with E-state index in [4.69, 9.17) is 0 Å². The number of aromatic nitrogens is 6. The quantitative estimate of drug-likeness (QED) is 0.534. The molecule has 1 aromatic carbocycles. The van der Waals surface area contributed by atoms with Gasteiger partial charge < -0.3 is 5.32 Å². The van der Waals surface area contributed by atoms with Crippen LogP contribution in [-0.4, -0.2) is 47.8 Å². The van der Waals surface area contributed by atoms with Crippen molar-refractivity contribution in [3.05, 3.63) is 61.4 Å². The van der Waals surface area contributed by atoms with Gasteiger partial charge in [0, 0.05) is 66.2 Å². The van der Waals surface area contributed by atoms with Gasteiger partial charge in [-0.25, -0.2) is 14.4 Å². The Morgan fingerprint density at radius 2 is 1.69 bits per heavy atom. The van der Waals surface area contributed by atoms with Crippen molar-refractivity contribution in [2.45, 2.75) is 43.6 Å². The van der Waals surface area contributed by atoms with Gasteiger partial charge in [0.25, 0.3) is 0 Å². The van der Waals surface area contributed by atoms with Gasteiger partial charge in [-0.05, 0) is 30.9 Å². The lowest BCUT2D eigenvalue weighted by Crippen LogP contribution is -2.47. The van der Waals surface area contributed by atoms with E-state index in [2.05, 4.69) is 31.5 Å². The van der Waals surface area contributed by atoms with E-state index < -0.39 is 6.17 Å². The van der Waals surface area contributed by atoms with Crippen LogP contribution in [0.3, 0.4) is 0 Å². The SMILES string of the molecule is Cn1cc(-c2cccc(-c3ncc(-c4cnn([C@H]5CC6CC[C@@H](N6)C5F)c4)cn3)c2)cn1. The van der Waals surface area contributed by atoms with Crippen LogP contribution in [0.15, 0.2) is 61.4 Å². The summed E-state index contributed by atoms with van der Waals surface area (Å²) in [4.78, 5) is 9.17. The molecule has 2 saturated heterocycles. The third-order valence-electron chi connectivity index (χ3n) is 6.64. The highest BCUT2D eigenvalue weighted by atomic mass is 19.1. The molecule has 2 bridgehead atoms. The van der Waals surface area contributed by atoms with E-state index in [1.54, 1.807) is 28.0 Å². The van der Waals surface area contributed by atoms with E-state index in [0.29, 0.717) is 11.9 Å². The zero-order valence-corrected chi connectivity index (χ0v) is 17.8. The Kier molecular flexibility index (Phi) is 4.61. The number of aryl methyl sites for hydroxylation is 1. The van der Waals surface area contributed by atoms with Crippen molar-refractivity contribution in [1.82, 2.24) is 34.8 Å². The number of benzene rings is 1. The molecule has 0 spiro atoms. The van der Waals surface area contributed by atoms with Crippen LogP contribution in [0.1, 0.15) is 25.3 Å². The topological polar surface area (TPSA) is 73.5 Å². The third kappa shape index (κ3) is 3.40. The van der Waals surface area contributed by atoms with Crippen LogP contribution in [0, 0.1) is 0 Å². The lowest BCUT2D eigenvalue weighted by molar-refractivity contribution is 0.129. The number of piperidine rings is 1. The molecule has 5 heterocycles. The van der Waals surface area contributed by atoms with Crippen molar-refractivity contribution < 1.29 is 4.39 Å². The van der Waals surface area contributed by atoms with E-state index in [9.17, 15) is 4.39 Å². The van der Waals surface area contributed by atoms with Gasteiger partial charge in [-0.3, -0.25) is 9.36 Å². The number of hydrogen-bond donors (Lipinski definition) is 1. The predicted molar refractivity (Wildman–Crippen MR) is 119 cm³/mol. The molecule has 7 nitrogen and oxygen atoms in total. The molecule has 4 aromatic rings. The van der Waals surface area contributed by atoms with E-state index in [0.717, 1.165) is 47.1 Å². The van der Waals surface area contributed by atoms with E-state index >= 15 is 0 Å². The van der Waals surface area contributed by atoms with Crippen molar-refractivity contribution in [2.24, 2.45) is 7.05 Å². The van der Waals surface area contributed by atoms with E-state index in [-0.39, 0.29) is 12.1 Å². The minimum Gasteiger partial charge on any atom is -0.308 e. The van der Waals surface area contributed by atoms with Crippen molar-refractivity contribution in [3.63, 3.8) is 0 Å². The highest BCUT2D eigenvalue weighted by molar-refractivity contribution is 5.70. The second kappa shape index (κ2) is 7.63. The summed E-state index contributed by atoms with van der Waals surface area (Å²) < 4.78 is 18.5. The van der Waals surface area contributed by atoms with Gasteiger partial charge in [0.2, 0.25) is 0 Å². The number of nitrogens with zero attached hydrogens (tertiary/aromatic N) is 6. The van der Waals surface area contributed by atoms with Crippen molar-refractivity contribution in [1.29, 1.82) is 0 Å². The minimum absolute atomic E-state index is 0.0450. The molecule has 0 radical (unpaired) electrons. The Morgan fingerprint density at radius 1 is 0.906 bits per heavy atom. The van der Waals surface area contributed by atoms with Crippen LogP contribution < -0.4 is 5.32 Å². The smallest absolute Gasteiger partial charge is 0.159 e. The third-order valence-corrected chi connectivity index (χ3v) is 6.64. The second-order valence-electron chi connectivity index (χ2n) is 8.78. The molecule has 6 rings (SSSR count). The van der Waals surface area contributed by atoms with Gasteiger partial charge in [0.05, 0.1) is 18.4 Å². The molecule has 0 aliphatic carbocycles. The number of hydrogen-bond acceptors (Lipinski definition) is 5. The van der Waals surface area contributed by atoms with E-state index in [1.807, 2.05) is 43.8 Å². The van der Waals surface area contributed by atoms with Crippen LogP contribution in [0.25, 0.3) is 33.6 Å². The maximum absolute atomic E-state index is 14.9. The number of fused-ring (bicyclic) bond motifs is 2. The summed E-state index contributed by atoms with van der Waals surface area (Å²) in [5.41, 5.74) is 4.84. The molecule has 2 unspecified atom stereocenters. The Balaban J connectivity index is 1.23. The maximum Gasteiger partial charge on any atom is 0.159 e. The zero-order chi connectivity index (χ0) is 21.7. The Morgan fingerprint density at radius 3 is 2.50 bits per heavy atom.